The summed E-state index contributed by atoms with van der Waals surface area (Å²) in [7, 11) is 0. The smallest absolute Gasteiger partial charge is 0.333 e. The first-order valence-electron chi connectivity index (χ1n) is 8.99. The van der Waals surface area contributed by atoms with E-state index in [2.05, 4.69) is 27.0 Å². The topological polar surface area (TPSA) is 52.6 Å². The minimum atomic E-state index is -0.284. The number of rotatable bonds is 11. The Morgan fingerprint density at radius 2 is 1.42 bits per heavy atom. The van der Waals surface area contributed by atoms with Crippen LogP contribution < -0.4 is 0 Å². The number of hydrogen-bond acceptors (Lipinski definition) is 4. The van der Waals surface area contributed by atoms with Gasteiger partial charge in [0.25, 0.3) is 0 Å². The van der Waals surface area contributed by atoms with Crippen molar-refractivity contribution in [1.82, 2.24) is 0 Å². The van der Waals surface area contributed by atoms with E-state index in [1.807, 2.05) is 6.92 Å². The summed E-state index contributed by atoms with van der Waals surface area (Å²) in [6, 6.07) is 0. The Morgan fingerprint density at radius 3 is 1.83 bits per heavy atom. The summed E-state index contributed by atoms with van der Waals surface area (Å²) in [5.41, 5.74) is 0.954. The molecule has 0 heterocycles. The monoisotopic (exact) mass is 340 g/mol. The van der Waals surface area contributed by atoms with Gasteiger partial charge >= 0.3 is 11.9 Å². The van der Waals surface area contributed by atoms with E-state index >= 15 is 0 Å². The van der Waals surface area contributed by atoms with Crippen LogP contribution in [0.25, 0.3) is 0 Å². The quantitative estimate of drug-likeness (QED) is 0.288. The van der Waals surface area contributed by atoms with E-state index in [0.29, 0.717) is 17.8 Å². The first kappa shape index (κ1) is 24.7. The zero-order chi connectivity index (χ0) is 19.0. The van der Waals surface area contributed by atoms with Crippen molar-refractivity contribution in [2.75, 3.05) is 6.61 Å². The van der Waals surface area contributed by atoms with Gasteiger partial charge in [0.2, 0.25) is 0 Å². The fraction of sp³-hybridized carbons (Fsp3) is 0.700. The molecule has 0 saturated heterocycles. The Labute approximate surface area is 148 Å². The van der Waals surface area contributed by atoms with Crippen LogP contribution in [0, 0.1) is 0 Å². The van der Waals surface area contributed by atoms with Crippen LogP contribution in [0.5, 0.6) is 0 Å². The third-order valence-electron chi connectivity index (χ3n) is 3.29. The Kier molecular flexibility index (Phi) is 16.7. The average Bonchev–Trinajstić information content (AvgIpc) is 2.54. The maximum absolute atomic E-state index is 11.2. The Hall–Kier alpha value is -1.58. The highest BCUT2D eigenvalue weighted by Gasteiger charge is 2.12. The number of hydrogen-bond donors (Lipinski definition) is 0. The van der Waals surface area contributed by atoms with Crippen LogP contribution in [-0.2, 0) is 19.1 Å². The molecule has 4 heteroatoms. The molecule has 1 atom stereocenters. The molecular weight excluding hydrogens is 304 g/mol. The molecule has 0 aromatic carbocycles. The number of ether oxygens (including phenoxy) is 2. The minimum absolute atomic E-state index is 0.0748. The minimum Gasteiger partial charge on any atom is -0.462 e. The van der Waals surface area contributed by atoms with Gasteiger partial charge in [0.1, 0.15) is 6.10 Å². The Bertz CT molecular complexity index is 385. The molecule has 24 heavy (non-hydrogen) atoms. The summed E-state index contributed by atoms with van der Waals surface area (Å²) in [6.07, 6.45) is 7.46. The highest BCUT2D eigenvalue weighted by molar-refractivity contribution is 5.87. The zero-order valence-electron chi connectivity index (χ0n) is 16.3. The summed E-state index contributed by atoms with van der Waals surface area (Å²) in [5.74, 6) is -0.540. The second kappa shape index (κ2) is 16.3. The molecule has 0 amide bonds. The van der Waals surface area contributed by atoms with E-state index in [9.17, 15) is 9.59 Å². The van der Waals surface area contributed by atoms with E-state index in [0.717, 1.165) is 32.1 Å². The molecule has 0 aliphatic heterocycles. The van der Waals surface area contributed by atoms with Crippen LogP contribution in [0.15, 0.2) is 24.3 Å². The largest absolute Gasteiger partial charge is 0.462 e. The van der Waals surface area contributed by atoms with Gasteiger partial charge in [0.05, 0.1) is 6.61 Å². The summed E-state index contributed by atoms with van der Waals surface area (Å²) < 4.78 is 10.1. The van der Waals surface area contributed by atoms with Gasteiger partial charge in [-0.1, -0.05) is 53.2 Å². The highest BCUT2D eigenvalue weighted by atomic mass is 16.5. The van der Waals surface area contributed by atoms with Crippen molar-refractivity contribution in [3.8, 4) is 0 Å². The molecule has 0 rings (SSSR count). The molecule has 0 aromatic rings. The molecular formula is C20H36O4. The lowest BCUT2D eigenvalue weighted by molar-refractivity contribution is -0.144. The summed E-state index contributed by atoms with van der Waals surface area (Å²) >= 11 is 0. The van der Waals surface area contributed by atoms with Crippen LogP contribution in [0.4, 0.5) is 0 Å². The maximum Gasteiger partial charge on any atom is 0.333 e. The summed E-state index contributed by atoms with van der Waals surface area (Å²) in [6.45, 7) is 17.1. The van der Waals surface area contributed by atoms with Gasteiger partial charge in [-0.2, -0.15) is 0 Å². The van der Waals surface area contributed by atoms with Gasteiger partial charge in [0, 0.05) is 11.1 Å². The van der Waals surface area contributed by atoms with Crippen molar-refractivity contribution in [2.24, 2.45) is 0 Å². The Balaban J connectivity index is 0. The van der Waals surface area contributed by atoms with Crippen LogP contribution in [0.3, 0.4) is 0 Å². The zero-order valence-corrected chi connectivity index (χ0v) is 16.3. The predicted molar refractivity (Wildman–Crippen MR) is 99.8 cm³/mol. The fourth-order valence-corrected chi connectivity index (χ4v) is 1.65. The van der Waals surface area contributed by atoms with E-state index in [1.165, 1.54) is 12.8 Å². The standard InChI is InChI=1S/C12H22O2.C8H14O2/c1-5-7-8-9-11(6-2)14-12(13)10(3)4;1-4-5-6-10-8(9)7(2)3/h11H,3,5-9H2,1-2,4H3;2,4-6H2,1,3H3. The number of unbranched alkanes of at least 4 members (excludes halogenated alkanes) is 3. The first-order chi connectivity index (χ1) is 11.3. The number of esters is 2. The first-order valence-corrected chi connectivity index (χ1v) is 8.99. The average molecular weight is 341 g/mol. The Morgan fingerprint density at radius 1 is 0.875 bits per heavy atom. The molecule has 0 saturated carbocycles. The van der Waals surface area contributed by atoms with Crippen molar-refractivity contribution in [2.45, 2.75) is 85.7 Å². The molecule has 140 valence electrons. The van der Waals surface area contributed by atoms with Crippen molar-refractivity contribution >= 4 is 11.9 Å². The second-order valence-corrected chi connectivity index (χ2v) is 5.98. The molecule has 0 bridgehead atoms. The van der Waals surface area contributed by atoms with Crippen molar-refractivity contribution in [3.63, 3.8) is 0 Å². The fourth-order valence-electron chi connectivity index (χ4n) is 1.65. The van der Waals surface area contributed by atoms with Crippen molar-refractivity contribution in [3.05, 3.63) is 24.3 Å². The molecule has 0 aliphatic carbocycles. The predicted octanol–water partition coefficient (Wildman–Crippen LogP) is 5.37. The second-order valence-electron chi connectivity index (χ2n) is 5.98. The lowest BCUT2D eigenvalue weighted by Crippen LogP contribution is -2.17. The number of carbonyl (C=O) groups excluding carboxylic acids is 2. The normalized spacial score (nSPS) is 10.9. The van der Waals surface area contributed by atoms with Gasteiger partial charge < -0.3 is 9.47 Å². The molecule has 0 aliphatic rings. The third-order valence-corrected chi connectivity index (χ3v) is 3.29. The maximum atomic E-state index is 11.2. The molecule has 4 nitrogen and oxygen atoms in total. The van der Waals surface area contributed by atoms with Crippen LogP contribution >= 0.6 is 0 Å². The van der Waals surface area contributed by atoms with Gasteiger partial charge in [-0.05, 0) is 39.5 Å². The van der Waals surface area contributed by atoms with Gasteiger partial charge in [-0.15, -0.1) is 0 Å². The molecule has 0 spiro atoms. The van der Waals surface area contributed by atoms with Gasteiger partial charge in [-0.3, -0.25) is 0 Å². The van der Waals surface area contributed by atoms with Crippen LogP contribution in [-0.4, -0.2) is 24.6 Å². The lowest BCUT2D eigenvalue weighted by atomic mass is 10.1. The van der Waals surface area contributed by atoms with Crippen LogP contribution in [0.2, 0.25) is 0 Å². The molecule has 0 radical (unpaired) electrons. The van der Waals surface area contributed by atoms with E-state index in [4.69, 9.17) is 9.47 Å². The molecule has 0 aromatic heterocycles. The molecule has 0 fully saturated rings. The van der Waals surface area contributed by atoms with Crippen LogP contribution in [0.1, 0.15) is 79.6 Å². The van der Waals surface area contributed by atoms with Crippen molar-refractivity contribution in [1.29, 1.82) is 0 Å². The van der Waals surface area contributed by atoms with E-state index in [-0.39, 0.29) is 18.0 Å². The molecule has 0 N–H and O–H groups in total. The van der Waals surface area contributed by atoms with E-state index in [1.54, 1.807) is 13.8 Å². The summed E-state index contributed by atoms with van der Waals surface area (Å²) in [4.78, 5) is 21.9. The summed E-state index contributed by atoms with van der Waals surface area (Å²) in [5, 5.41) is 0. The molecule has 1 unspecified atom stereocenters. The van der Waals surface area contributed by atoms with Gasteiger partial charge in [-0.25, -0.2) is 9.59 Å². The third kappa shape index (κ3) is 15.3. The van der Waals surface area contributed by atoms with E-state index < -0.39 is 0 Å². The highest BCUT2D eigenvalue weighted by Crippen LogP contribution is 2.11. The SMILES string of the molecule is C=C(C)C(=O)OC(CC)CCCCC.C=C(C)C(=O)OCCCC. The van der Waals surface area contributed by atoms with Crippen molar-refractivity contribution < 1.29 is 19.1 Å². The number of carbonyl (C=O) groups is 2. The lowest BCUT2D eigenvalue weighted by Gasteiger charge is -2.15. The van der Waals surface area contributed by atoms with Gasteiger partial charge in [0.15, 0.2) is 0 Å².